The Balaban J connectivity index is 1.90. The molecule has 2 N–H and O–H groups in total. The number of phenolic OH excluding ortho intramolecular Hbond substituents is 1. The normalized spacial score (nSPS) is 25.9. The molecule has 1 aromatic carbocycles. The van der Waals surface area contributed by atoms with Gasteiger partial charge in [0.15, 0.2) is 11.5 Å². The van der Waals surface area contributed by atoms with Crippen LogP contribution in [0.5, 0.6) is 11.5 Å². The van der Waals surface area contributed by atoms with Gasteiger partial charge in [0.25, 0.3) is 0 Å². The third-order valence-electron chi connectivity index (χ3n) is 5.34. The van der Waals surface area contributed by atoms with Crippen molar-refractivity contribution in [1.82, 2.24) is 4.90 Å². The summed E-state index contributed by atoms with van der Waals surface area (Å²) < 4.78 is 5.23. The highest BCUT2D eigenvalue weighted by Crippen LogP contribution is 2.44. The van der Waals surface area contributed by atoms with E-state index in [1.807, 2.05) is 18.2 Å². The summed E-state index contributed by atoms with van der Waals surface area (Å²) in [5.74, 6) is 1.39. The van der Waals surface area contributed by atoms with Crippen LogP contribution >= 0.6 is 0 Å². The quantitative estimate of drug-likeness (QED) is 0.839. The van der Waals surface area contributed by atoms with Gasteiger partial charge in [0, 0.05) is 25.1 Å². The molecular weight excluding hydrogens is 278 g/mol. The lowest BCUT2D eigenvalue weighted by Gasteiger charge is -2.45. The predicted molar refractivity (Wildman–Crippen MR) is 86.2 cm³/mol. The minimum atomic E-state index is 0.166. The number of rotatable bonds is 4. The van der Waals surface area contributed by atoms with Gasteiger partial charge in [-0.15, -0.1) is 6.58 Å². The Morgan fingerprint density at radius 2 is 2.27 bits per heavy atom. The van der Waals surface area contributed by atoms with E-state index < -0.39 is 0 Å². The molecule has 0 unspecified atom stereocenters. The standard InChI is InChI=1S/C18H25NO3/c1-3-12(11-20)13-4-6-19-7-5-14-9-18(22-2)17(21)10-15(14)16(19)8-13/h3,9-10,12-13,16,20-21H,1,4-8,11H2,2H3/t12-,13-,16-/m0/s1. The predicted octanol–water partition coefficient (Wildman–Crippen LogP) is 2.50. The molecule has 4 heteroatoms. The van der Waals surface area contributed by atoms with Gasteiger partial charge in [0.05, 0.1) is 7.11 Å². The lowest BCUT2D eigenvalue weighted by Crippen LogP contribution is -2.43. The van der Waals surface area contributed by atoms with Gasteiger partial charge in [0.2, 0.25) is 0 Å². The molecule has 0 radical (unpaired) electrons. The monoisotopic (exact) mass is 303 g/mol. The first-order valence-corrected chi connectivity index (χ1v) is 8.05. The van der Waals surface area contributed by atoms with Crippen LogP contribution in [0, 0.1) is 11.8 Å². The smallest absolute Gasteiger partial charge is 0.160 e. The number of benzene rings is 1. The van der Waals surface area contributed by atoms with Crippen molar-refractivity contribution >= 4 is 0 Å². The molecule has 0 bridgehead atoms. The first kappa shape index (κ1) is 15.4. The number of fused-ring (bicyclic) bond motifs is 3. The highest BCUT2D eigenvalue weighted by atomic mass is 16.5. The zero-order chi connectivity index (χ0) is 15.7. The number of ether oxygens (including phenoxy) is 1. The lowest BCUT2D eigenvalue weighted by atomic mass is 9.77. The molecule has 22 heavy (non-hydrogen) atoms. The fraction of sp³-hybridized carbons (Fsp3) is 0.556. The number of hydrogen-bond donors (Lipinski definition) is 2. The zero-order valence-corrected chi connectivity index (χ0v) is 13.2. The lowest BCUT2D eigenvalue weighted by molar-refractivity contribution is 0.0718. The number of aliphatic hydroxyl groups is 1. The molecule has 2 aliphatic heterocycles. The summed E-state index contributed by atoms with van der Waals surface area (Å²) in [6.45, 7) is 6.13. The Hall–Kier alpha value is -1.52. The first-order valence-electron chi connectivity index (χ1n) is 8.05. The zero-order valence-electron chi connectivity index (χ0n) is 13.2. The third kappa shape index (κ3) is 2.61. The van der Waals surface area contributed by atoms with E-state index in [0.717, 1.165) is 32.4 Å². The second kappa shape index (κ2) is 6.31. The van der Waals surface area contributed by atoms with E-state index in [1.165, 1.54) is 11.1 Å². The Kier molecular flexibility index (Phi) is 4.41. The van der Waals surface area contributed by atoms with E-state index in [4.69, 9.17) is 4.74 Å². The molecule has 2 heterocycles. The van der Waals surface area contributed by atoms with E-state index in [1.54, 1.807) is 7.11 Å². The van der Waals surface area contributed by atoms with Crippen LogP contribution in [0.2, 0.25) is 0 Å². The van der Waals surface area contributed by atoms with Gasteiger partial charge in [-0.25, -0.2) is 0 Å². The summed E-state index contributed by atoms with van der Waals surface area (Å²) in [7, 11) is 1.59. The maximum atomic E-state index is 10.1. The Morgan fingerprint density at radius 1 is 1.45 bits per heavy atom. The number of nitrogens with zero attached hydrogens (tertiary/aromatic N) is 1. The molecule has 0 amide bonds. The van der Waals surface area contributed by atoms with Crippen molar-refractivity contribution in [3.05, 3.63) is 35.9 Å². The number of piperidine rings is 1. The minimum Gasteiger partial charge on any atom is -0.504 e. The summed E-state index contributed by atoms with van der Waals surface area (Å²) in [5, 5.41) is 19.7. The van der Waals surface area contributed by atoms with Crippen LogP contribution in [-0.4, -0.2) is 41.9 Å². The minimum absolute atomic E-state index is 0.166. The highest BCUT2D eigenvalue weighted by molar-refractivity contribution is 5.48. The average Bonchev–Trinajstić information content (AvgIpc) is 2.55. The van der Waals surface area contributed by atoms with Crippen LogP contribution in [0.4, 0.5) is 0 Å². The summed E-state index contributed by atoms with van der Waals surface area (Å²) in [6.07, 6.45) is 4.99. The van der Waals surface area contributed by atoms with Crippen molar-refractivity contribution in [1.29, 1.82) is 0 Å². The topological polar surface area (TPSA) is 52.9 Å². The Bertz CT molecular complexity index is 558. The molecule has 0 spiro atoms. The van der Waals surface area contributed by atoms with Crippen molar-refractivity contribution in [2.24, 2.45) is 11.8 Å². The largest absolute Gasteiger partial charge is 0.504 e. The first-order chi connectivity index (χ1) is 10.7. The van der Waals surface area contributed by atoms with Crippen LogP contribution in [-0.2, 0) is 6.42 Å². The van der Waals surface area contributed by atoms with E-state index in [-0.39, 0.29) is 18.3 Å². The molecule has 0 aliphatic carbocycles. The van der Waals surface area contributed by atoms with Crippen molar-refractivity contribution in [3.8, 4) is 11.5 Å². The fourth-order valence-corrected chi connectivity index (χ4v) is 4.02. The van der Waals surface area contributed by atoms with Crippen LogP contribution in [0.3, 0.4) is 0 Å². The Labute approximate surface area is 132 Å². The number of phenols is 1. The number of hydrogen-bond acceptors (Lipinski definition) is 4. The summed E-state index contributed by atoms with van der Waals surface area (Å²) in [6, 6.07) is 4.17. The van der Waals surface area contributed by atoms with Crippen LogP contribution in [0.25, 0.3) is 0 Å². The summed E-state index contributed by atoms with van der Waals surface area (Å²) in [4.78, 5) is 2.50. The van der Waals surface area contributed by atoms with Crippen LogP contribution in [0.15, 0.2) is 24.8 Å². The SMILES string of the molecule is C=C[C@@H](CO)[C@H]1CCN2CCc3cc(OC)c(O)cc3[C@@H]2C1. The van der Waals surface area contributed by atoms with E-state index in [2.05, 4.69) is 11.5 Å². The molecule has 3 atom stereocenters. The number of methoxy groups -OCH3 is 1. The van der Waals surface area contributed by atoms with E-state index in [9.17, 15) is 10.2 Å². The number of aliphatic hydroxyl groups excluding tert-OH is 1. The van der Waals surface area contributed by atoms with Crippen molar-refractivity contribution in [3.63, 3.8) is 0 Å². The molecule has 0 saturated carbocycles. The average molecular weight is 303 g/mol. The third-order valence-corrected chi connectivity index (χ3v) is 5.34. The molecule has 3 rings (SSSR count). The molecule has 0 aromatic heterocycles. The van der Waals surface area contributed by atoms with Gasteiger partial charge in [-0.1, -0.05) is 6.08 Å². The van der Waals surface area contributed by atoms with Crippen LogP contribution in [0.1, 0.15) is 30.0 Å². The van der Waals surface area contributed by atoms with Gasteiger partial charge < -0.3 is 14.9 Å². The van der Waals surface area contributed by atoms with Crippen LogP contribution < -0.4 is 4.74 Å². The maximum absolute atomic E-state index is 10.1. The summed E-state index contributed by atoms with van der Waals surface area (Å²) >= 11 is 0. The van der Waals surface area contributed by atoms with Gasteiger partial charge in [-0.05, 0) is 55.0 Å². The highest BCUT2D eigenvalue weighted by Gasteiger charge is 2.36. The van der Waals surface area contributed by atoms with E-state index in [0.29, 0.717) is 17.7 Å². The molecule has 1 fully saturated rings. The molecular formula is C18H25NO3. The number of aromatic hydroxyl groups is 1. The van der Waals surface area contributed by atoms with Gasteiger partial charge >= 0.3 is 0 Å². The van der Waals surface area contributed by atoms with Crippen molar-refractivity contribution in [2.45, 2.75) is 25.3 Å². The van der Waals surface area contributed by atoms with Crippen molar-refractivity contribution in [2.75, 3.05) is 26.8 Å². The van der Waals surface area contributed by atoms with Gasteiger partial charge in [-0.2, -0.15) is 0 Å². The molecule has 2 aliphatic rings. The molecule has 1 aromatic rings. The van der Waals surface area contributed by atoms with Crippen molar-refractivity contribution < 1.29 is 14.9 Å². The van der Waals surface area contributed by atoms with Gasteiger partial charge in [0.1, 0.15) is 0 Å². The second-order valence-corrected chi connectivity index (χ2v) is 6.39. The maximum Gasteiger partial charge on any atom is 0.160 e. The fourth-order valence-electron chi connectivity index (χ4n) is 4.02. The Morgan fingerprint density at radius 3 is 2.95 bits per heavy atom. The van der Waals surface area contributed by atoms with Gasteiger partial charge in [-0.3, -0.25) is 4.90 Å². The summed E-state index contributed by atoms with van der Waals surface area (Å²) in [5.41, 5.74) is 2.49. The van der Waals surface area contributed by atoms with E-state index >= 15 is 0 Å². The molecule has 1 saturated heterocycles. The molecule has 120 valence electrons. The molecule has 4 nitrogen and oxygen atoms in total. The second-order valence-electron chi connectivity index (χ2n) is 6.39.